The van der Waals surface area contributed by atoms with E-state index in [1.807, 2.05) is 0 Å². The van der Waals surface area contributed by atoms with Gasteiger partial charge in [0.2, 0.25) is 0 Å². The van der Waals surface area contributed by atoms with Crippen molar-refractivity contribution in [2.75, 3.05) is 13.2 Å². The van der Waals surface area contributed by atoms with Gasteiger partial charge in [-0.3, -0.25) is 0 Å². The van der Waals surface area contributed by atoms with Gasteiger partial charge in [0.15, 0.2) is 14.6 Å². The summed E-state index contributed by atoms with van der Waals surface area (Å²) in [5, 5.41) is 10.2. The molecule has 130 valence electrons. The van der Waals surface area contributed by atoms with Crippen molar-refractivity contribution in [3.05, 3.63) is 0 Å². The topological polar surface area (TPSA) is 47.9 Å². The van der Waals surface area contributed by atoms with Gasteiger partial charge in [-0.25, -0.2) is 0 Å². The molecule has 1 aliphatic carbocycles. The van der Waals surface area contributed by atoms with Crippen LogP contribution >= 0.6 is 0 Å². The second kappa shape index (κ2) is 7.30. The maximum Gasteiger partial charge on any atom is 0.191 e. The molecule has 22 heavy (non-hydrogen) atoms. The average Bonchev–Trinajstić information content (AvgIpc) is 2.76. The lowest BCUT2D eigenvalue weighted by Gasteiger charge is -2.37. The van der Waals surface area contributed by atoms with E-state index in [-0.39, 0.29) is 29.5 Å². The first-order chi connectivity index (χ1) is 10.2. The van der Waals surface area contributed by atoms with Gasteiger partial charge in [0, 0.05) is 19.1 Å². The van der Waals surface area contributed by atoms with Crippen LogP contribution in [0.15, 0.2) is 0 Å². The summed E-state index contributed by atoms with van der Waals surface area (Å²) in [6, 6.07) is 0. The molecule has 5 heteroatoms. The molecule has 1 N–H and O–H groups in total. The Balaban J connectivity index is 1.87. The van der Waals surface area contributed by atoms with E-state index in [1.54, 1.807) is 0 Å². The van der Waals surface area contributed by atoms with E-state index in [9.17, 15) is 5.11 Å². The van der Waals surface area contributed by atoms with Crippen molar-refractivity contribution < 1.29 is 19.0 Å². The van der Waals surface area contributed by atoms with E-state index in [4.69, 9.17) is 13.9 Å². The normalized spacial score (nSPS) is 34.1. The molecule has 0 bridgehead atoms. The van der Waals surface area contributed by atoms with Crippen LogP contribution in [0.2, 0.25) is 18.1 Å². The van der Waals surface area contributed by atoms with Crippen molar-refractivity contribution in [3.8, 4) is 0 Å². The predicted octanol–water partition coefficient (Wildman–Crippen LogP) is 3.69. The fourth-order valence-corrected chi connectivity index (χ4v) is 4.01. The number of aliphatic hydroxyl groups excluding tert-OH is 1. The number of hydrogen-bond acceptors (Lipinski definition) is 4. The Morgan fingerprint density at radius 2 is 1.91 bits per heavy atom. The number of aliphatic hydroxyl groups is 1. The molecule has 0 spiro atoms. The minimum absolute atomic E-state index is 0.0721. The number of rotatable bonds is 5. The van der Waals surface area contributed by atoms with Crippen molar-refractivity contribution in [2.45, 2.75) is 89.5 Å². The van der Waals surface area contributed by atoms with Crippen LogP contribution in [0.3, 0.4) is 0 Å². The first-order valence-corrected chi connectivity index (χ1v) is 11.7. The molecule has 0 aromatic heterocycles. The highest BCUT2D eigenvalue weighted by atomic mass is 28.4. The molecule has 4 atom stereocenters. The lowest BCUT2D eigenvalue weighted by molar-refractivity contribution is -0.196. The molecule has 4 nitrogen and oxygen atoms in total. The van der Waals surface area contributed by atoms with Crippen molar-refractivity contribution >= 4 is 8.32 Å². The van der Waals surface area contributed by atoms with Gasteiger partial charge in [0.05, 0.1) is 12.2 Å². The average molecular weight is 331 g/mol. The molecule has 0 aromatic carbocycles. The van der Waals surface area contributed by atoms with E-state index in [0.29, 0.717) is 13.0 Å². The lowest BCUT2D eigenvalue weighted by atomic mass is 10.1. The largest absolute Gasteiger partial charge is 0.416 e. The number of ether oxygens (including phenoxy) is 2. The standard InChI is InChI=1S/C17H34O4Si/c1-17(2,3)22(4,5)20-12-13-10-14(18)11-15(13)21-16-8-6-7-9-19-16/h13-16,18H,6-12H2,1-5H3/t13-,14+,15+,16?/m0/s1. The minimum Gasteiger partial charge on any atom is -0.416 e. The third kappa shape index (κ3) is 4.77. The molecule has 0 radical (unpaired) electrons. The lowest BCUT2D eigenvalue weighted by Crippen LogP contribution is -2.43. The van der Waals surface area contributed by atoms with Crippen LogP contribution in [0.1, 0.15) is 52.9 Å². The van der Waals surface area contributed by atoms with Crippen molar-refractivity contribution in [3.63, 3.8) is 0 Å². The Labute approximate surface area is 136 Å². The summed E-state index contributed by atoms with van der Waals surface area (Å²) in [4.78, 5) is 0. The van der Waals surface area contributed by atoms with Crippen LogP contribution in [-0.2, 0) is 13.9 Å². The molecule has 0 amide bonds. The Morgan fingerprint density at radius 1 is 1.18 bits per heavy atom. The molecule has 2 fully saturated rings. The summed E-state index contributed by atoms with van der Waals surface area (Å²) in [5.74, 6) is 0.287. The summed E-state index contributed by atoms with van der Waals surface area (Å²) in [5.41, 5.74) is 0. The van der Waals surface area contributed by atoms with E-state index in [1.165, 1.54) is 6.42 Å². The first-order valence-electron chi connectivity index (χ1n) is 8.78. The van der Waals surface area contributed by atoms with Crippen LogP contribution in [0, 0.1) is 5.92 Å². The smallest absolute Gasteiger partial charge is 0.191 e. The summed E-state index contributed by atoms with van der Waals surface area (Å²) in [6.07, 6.45) is 4.50. The highest BCUT2D eigenvalue weighted by molar-refractivity contribution is 6.74. The van der Waals surface area contributed by atoms with E-state index in [2.05, 4.69) is 33.9 Å². The van der Waals surface area contributed by atoms with Gasteiger partial charge < -0.3 is 19.0 Å². The van der Waals surface area contributed by atoms with Crippen LogP contribution in [-0.4, -0.2) is 45.1 Å². The Kier molecular flexibility index (Phi) is 6.11. The van der Waals surface area contributed by atoms with Gasteiger partial charge >= 0.3 is 0 Å². The third-order valence-electron chi connectivity index (χ3n) is 5.53. The first kappa shape index (κ1) is 18.4. The predicted molar refractivity (Wildman–Crippen MR) is 90.3 cm³/mol. The molecule has 2 rings (SSSR count). The molecular weight excluding hydrogens is 296 g/mol. The van der Waals surface area contributed by atoms with Crippen LogP contribution in [0.4, 0.5) is 0 Å². The van der Waals surface area contributed by atoms with Gasteiger partial charge in [-0.15, -0.1) is 0 Å². The second-order valence-electron chi connectivity index (χ2n) is 8.43. The summed E-state index contributed by atoms with van der Waals surface area (Å²) in [6.45, 7) is 12.8. The highest BCUT2D eigenvalue weighted by Crippen LogP contribution is 2.38. The molecule has 2 aliphatic rings. The van der Waals surface area contributed by atoms with Gasteiger partial charge in [0.1, 0.15) is 0 Å². The van der Waals surface area contributed by atoms with E-state index in [0.717, 1.165) is 25.9 Å². The zero-order chi connectivity index (χ0) is 16.4. The Bertz CT molecular complexity index is 347. The maximum atomic E-state index is 10.0. The van der Waals surface area contributed by atoms with E-state index < -0.39 is 8.32 Å². The molecule has 0 aromatic rings. The van der Waals surface area contributed by atoms with Gasteiger partial charge in [-0.2, -0.15) is 0 Å². The second-order valence-corrected chi connectivity index (χ2v) is 13.2. The zero-order valence-corrected chi connectivity index (χ0v) is 15.9. The van der Waals surface area contributed by atoms with E-state index >= 15 is 0 Å². The molecule has 1 saturated carbocycles. The fraction of sp³-hybridized carbons (Fsp3) is 1.00. The van der Waals surface area contributed by atoms with Gasteiger partial charge in [-0.1, -0.05) is 20.8 Å². The Hall–Kier alpha value is 0.0569. The molecule has 1 heterocycles. The highest BCUT2D eigenvalue weighted by Gasteiger charge is 2.41. The quantitative estimate of drug-likeness (QED) is 0.781. The Morgan fingerprint density at radius 3 is 2.50 bits per heavy atom. The van der Waals surface area contributed by atoms with Crippen molar-refractivity contribution in [1.82, 2.24) is 0 Å². The molecule has 1 saturated heterocycles. The summed E-state index contributed by atoms with van der Waals surface area (Å²) >= 11 is 0. The summed E-state index contributed by atoms with van der Waals surface area (Å²) in [7, 11) is -1.74. The maximum absolute atomic E-state index is 10.0. The fourth-order valence-electron chi connectivity index (χ4n) is 2.95. The van der Waals surface area contributed by atoms with Crippen molar-refractivity contribution in [1.29, 1.82) is 0 Å². The van der Waals surface area contributed by atoms with Crippen molar-refractivity contribution in [2.24, 2.45) is 5.92 Å². The third-order valence-corrected chi connectivity index (χ3v) is 10.0. The monoisotopic (exact) mass is 330 g/mol. The van der Waals surface area contributed by atoms with Gasteiger partial charge in [0.25, 0.3) is 0 Å². The van der Waals surface area contributed by atoms with Crippen LogP contribution < -0.4 is 0 Å². The molecular formula is C17H34O4Si. The summed E-state index contributed by atoms with van der Waals surface area (Å²) < 4.78 is 18.2. The number of hydrogen-bond donors (Lipinski definition) is 1. The van der Waals surface area contributed by atoms with Crippen LogP contribution in [0.25, 0.3) is 0 Å². The molecule has 1 unspecified atom stereocenters. The molecule has 1 aliphatic heterocycles. The SMILES string of the molecule is CC(C)(C)[Si](C)(C)OC[C@@H]1C[C@@H](O)C[C@H]1OC1CCCCO1. The van der Waals surface area contributed by atoms with Crippen LogP contribution in [0.5, 0.6) is 0 Å². The zero-order valence-electron chi connectivity index (χ0n) is 14.9. The minimum atomic E-state index is -1.74. The van der Waals surface area contributed by atoms with Gasteiger partial charge in [-0.05, 0) is 50.2 Å².